The van der Waals surface area contributed by atoms with Crippen LogP contribution in [-0.2, 0) is 6.54 Å². The van der Waals surface area contributed by atoms with Crippen LogP contribution in [0.3, 0.4) is 0 Å². The Labute approximate surface area is 116 Å². The summed E-state index contributed by atoms with van der Waals surface area (Å²) >= 11 is 0. The van der Waals surface area contributed by atoms with Crippen molar-refractivity contribution in [1.82, 2.24) is 5.32 Å². The number of rotatable bonds is 2. The Balaban J connectivity index is 2.04. The van der Waals surface area contributed by atoms with Crippen LogP contribution < -0.4 is 10.1 Å². The van der Waals surface area contributed by atoms with Crippen LogP contribution in [-0.4, -0.2) is 11.6 Å². The lowest BCUT2D eigenvalue weighted by atomic mass is 9.82. The van der Waals surface area contributed by atoms with E-state index in [0.717, 1.165) is 17.7 Å². The summed E-state index contributed by atoms with van der Waals surface area (Å²) in [5.74, 6) is 0.909. The summed E-state index contributed by atoms with van der Waals surface area (Å²) in [6.07, 6.45) is 1.05. The minimum Gasteiger partial charge on any atom is -0.426 e. The van der Waals surface area contributed by atoms with Gasteiger partial charge in [0.2, 0.25) is 0 Å². The number of hydrogen-bond acceptors (Lipinski definition) is 3. The molecule has 1 aromatic rings. The van der Waals surface area contributed by atoms with E-state index >= 15 is 0 Å². The predicted octanol–water partition coefficient (Wildman–Crippen LogP) is 3.74. The molecular weight excluding hydrogens is 236 g/mol. The van der Waals surface area contributed by atoms with Gasteiger partial charge in [0.05, 0.1) is 6.54 Å². The lowest BCUT2D eigenvalue weighted by Gasteiger charge is -2.34. The van der Waals surface area contributed by atoms with E-state index in [1.807, 2.05) is 18.2 Å². The van der Waals surface area contributed by atoms with Gasteiger partial charge in [-0.25, -0.2) is 4.99 Å². The molecule has 0 atom stereocenters. The van der Waals surface area contributed by atoms with Crippen molar-refractivity contribution >= 4 is 6.02 Å². The van der Waals surface area contributed by atoms with Crippen LogP contribution in [0.4, 0.5) is 0 Å². The molecule has 104 valence electrons. The number of amidine groups is 1. The van der Waals surface area contributed by atoms with Gasteiger partial charge in [-0.1, -0.05) is 39.0 Å². The lowest BCUT2D eigenvalue weighted by Crippen LogP contribution is -2.48. The Morgan fingerprint density at radius 3 is 2.53 bits per heavy atom. The van der Waals surface area contributed by atoms with Gasteiger partial charge in [-0.05, 0) is 31.7 Å². The summed E-state index contributed by atoms with van der Waals surface area (Å²) in [6.45, 7) is 11.8. The summed E-state index contributed by atoms with van der Waals surface area (Å²) < 4.78 is 5.82. The zero-order valence-corrected chi connectivity index (χ0v) is 12.6. The Bertz CT molecular complexity index is 484. The van der Waals surface area contributed by atoms with E-state index in [1.54, 1.807) is 0 Å². The van der Waals surface area contributed by atoms with Gasteiger partial charge >= 0.3 is 0 Å². The fourth-order valence-corrected chi connectivity index (χ4v) is 2.75. The highest BCUT2D eigenvalue weighted by molar-refractivity contribution is 5.78. The van der Waals surface area contributed by atoms with Crippen LogP contribution >= 0.6 is 0 Å². The molecule has 3 nitrogen and oxygen atoms in total. The van der Waals surface area contributed by atoms with Gasteiger partial charge in [-0.3, -0.25) is 0 Å². The van der Waals surface area contributed by atoms with Crippen LogP contribution in [0.1, 0.15) is 46.6 Å². The summed E-state index contributed by atoms with van der Waals surface area (Å²) in [6, 6.07) is 8.67. The number of nitrogens with zero attached hydrogens (tertiary/aromatic N) is 1. The van der Waals surface area contributed by atoms with E-state index in [2.05, 4.69) is 51.0 Å². The molecule has 0 unspecified atom stereocenters. The Hall–Kier alpha value is -1.51. The van der Waals surface area contributed by atoms with Gasteiger partial charge < -0.3 is 10.1 Å². The van der Waals surface area contributed by atoms with E-state index in [1.165, 1.54) is 0 Å². The molecule has 0 amide bonds. The molecule has 1 N–H and O–H groups in total. The highest BCUT2D eigenvalue weighted by Gasteiger charge is 2.28. The highest BCUT2D eigenvalue weighted by Crippen LogP contribution is 2.28. The third kappa shape index (κ3) is 3.98. The van der Waals surface area contributed by atoms with Gasteiger partial charge in [-0.2, -0.15) is 0 Å². The maximum Gasteiger partial charge on any atom is 0.290 e. The molecule has 3 heteroatoms. The molecule has 0 saturated heterocycles. The molecule has 0 aromatic heterocycles. The first kappa shape index (κ1) is 13.9. The van der Waals surface area contributed by atoms with Gasteiger partial charge in [0.25, 0.3) is 6.02 Å². The van der Waals surface area contributed by atoms with Crippen molar-refractivity contribution in [3.05, 3.63) is 29.8 Å². The van der Waals surface area contributed by atoms with Crippen LogP contribution in [0.25, 0.3) is 0 Å². The van der Waals surface area contributed by atoms with E-state index in [-0.39, 0.29) is 11.0 Å². The molecule has 0 fully saturated rings. The molecule has 0 aliphatic carbocycles. The Morgan fingerprint density at radius 2 is 1.84 bits per heavy atom. The topological polar surface area (TPSA) is 33.6 Å². The molecule has 1 aliphatic heterocycles. The Kier molecular flexibility index (Phi) is 3.57. The zero-order chi connectivity index (χ0) is 14.1. The fraction of sp³-hybridized carbons (Fsp3) is 0.562. The molecule has 1 heterocycles. The number of hydrogen-bond donors (Lipinski definition) is 1. The summed E-state index contributed by atoms with van der Waals surface area (Å²) in [4.78, 5) is 4.47. The fourth-order valence-electron chi connectivity index (χ4n) is 2.75. The van der Waals surface area contributed by atoms with Crippen molar-refractivity contribution in [2.75, 3.05) is 0 Å². The minimum atomic E-state index is -0.0383. The van der Waals surface area contributed by atoms with Gasteiger partial charge in [-0.15, -0.1) is 0 Å². The largest absolute Gasteiger partial charge is 0.426 e. The van der Waals surface area contributed by atoms with E-state index in [4.69, 9.17) is 4.74 Å². The quantitative estimate of drug-likeness (QED) is 0.879. The van der Waals surface area contributed by atoms with Crippen molar-refractivity contribution in [2.24, 2.45) is 10.4 Å². The van der Waals surface area contributed by atoms with Crippen LogP contribution in [0.15, 0.2) is 29.3 Å². The smallest absolute Gasteiger partial charge is 0.290 e. The summed E-state index contributed by atoms with van der Waals surface area (Å²) in [7, 11) is 0. The molecule has 2 rings (SSSR count). The third-order valence-electron chi connectivity index (χ3n) is 2.99. The maximum atomic E-state index is 5.82. The number of nitrogens with one attached hydrogen (secondary N) is 1. The van der Waals surface area contributed by atoms with Crippen molar-refractivity contribution in [1.29, 1.82) is 0 Å². The molecule has 0 saturated carbocycles. The van der Waals surface area contributed by atoms with Crippen molar-refractivity contribution in [3.8, 4) is 5.75 Å². The minimum absolute atomic E-state index is 0.0383. The molecule has 1 aromatic carbocycles. The molecule has 0 bridgehead atoms. The average Bonchev–Trinajstić information content (AvgIpc) is 2.24. The Morgan fingerprint density at radius 1 is 1.16 bits per heavy atom. The predicted molar refractivity (Wildman–Crippen MR) is 79.5 cm³/mol. The van der Waals surface area contributed by atoms with Crippen molar-refractivity contribution in [2.45, 2.75) is 53.1 Å². The molecule has 1 aliphatic rings. The van der Waals surface area contributed by atoms with Crippen molar-refractivity contribution < 1.29 is 4.74 Å². The molecule has 0 spiro atoms. The zero-order valence-electron chi connectivity index (χ0n) is 12.6. The second-order valence-electron chi connectivity index (χ2n) is 7.08. The molecular formula is C16H24N2O. The van der Waals surface area contributed by atoms with Crippen LogP contribution in [0.5, 0.6) is 5.75 Å². The van der Waals surface area contributed by atoms with E-state index < -0.39 is 0 Å². The average molecular weight is 260 g/mol. The number of benzene rings is 1. The monoisotopic (exact) mass is 260 g/mol. The van der Waals surface area contributed by atoms with Gasteiger partial charge in [0.1, 0.15) is 5.75 Å². The second-order valence-corrected chi connectivity index (χ2v) is 7.08. The number of para-hydroxylation sites is 1. The second kappa shape index (κ2) is 4.87. The SMILES string of the molecule is CC(C)(C)CC(C)(C)NC1=NCc2ccccc2O1. The standard InChI is InChI=1S/C16H24N2O/c1-15(2,3)11-16(4,5)18-14-17-10-12-8-6-7-9-13(12)19-14/h6-9H,10-11H2,1-5H3,(H,17,18). The van der Waals surface area contributed by atoms with Crippen molar-refractivity contribution in [3.63, 3.8) is 0 Å². The number of ether oxygens (including phenoxy) is 1. The van der Waals surface area contributed by atoms with E-state index in [0.29, 0.717) is 12.6 Å². The summed E-state index contributed by atoms with van der Waals surface area (Å²) in [5, 5.41) is 3.42. The third-order valence-corrected chi connectivity index (χ3v) is 2.99. The van der Waals surface area contributed by atoms with Crippen LogP contribution in [0, 0.1) is 5.41 Å². The highest BCUT2D eigenvalue weighted by atomic mass is 16.5. The first-order valence-electron chi connectivity index (χ1n) is 6.84. The lowest BCUT2D eigenvalue weighted by molar-refractivity contribution is 0.257. The van der Waals surface area contributed by atoms with Gasteiger partial charge in [0, 0.05) is 11.1 Å². The van der Waals surface area contributed by atoms with Crippen LogP contribution in [0.2, 0.25) is 0 Å². The number of fused-ring (bicyclic) bond motifs is 1. The first-order valence-corrected chi connectivity index (χ1v) is 6.84. The first-order chi connectivity index (χ1) is 8.75. The molecule has 0 radical (unpaired) electrons. The van der Waals surface area contributed by atoms with Gasteiger partial charge in [0.15, 0.2) is 0 Å². The maximum absolute atomic E-state index is 5.82. The summed E-state index contributed by atoms with van der Waals surface area (Å²) in [5.41, 5.74) is 1.37. The van der Waals surface area contributed by atoms with E-state index in [9.17, 15) is 0 Å². The molecule has 19 heavy (non-hydrogen) atoms. The normalized spacial score (nSPS) is 15.3. The number of aliphatic imine (C=N–C) groups is 1.